The van der Waals surface area contributed by atoms with E-state index in [-0.39, 0.29) is 22.4 Å². The van der Waals surface area contributed by atoms with Gasteiger partial charge < -0.3 is 5.32 Å². The minimum absolute atomic E-state index is 0.0246. The van der Waals surface area contributed by atoms with Gasteiger partial charge >= 0.3 is 0 Å². The van der Waals surface area contributed by atoms with Crippen LogP contribution in [-0.4, -0.2) is 11.7 Å². The van der Waals surface area contributed by atoms with E-state index in [1.54, 1.807) is 18.2 Å². The highest BCUT2D eigenvalue weighted by atomic mass is 19.1. The first-order valence-corrected chi connectivity index (χ1v) is 7.51. The average molecular weight is 337 g/mol. The SMILES string of the molecule is O=C(Nc1ccccc1F)c1ccccc1C(=O)c1ccc(F)cc1. The summed E-state index contributed by atoms with van der Waals surface area (Å²) in [6.45, 7) is 0. The van der Waals surface area contributed by atoms with Crippen molar-refractivity contribution in [2.24, 2.45) is 0 Å². The molecule has 0 bridgehead atoms. The van der Waals surface area contributed by atoms with Crippen molar-refractivity contribution < 1.29 is 18.4 Å². The Balaban J connectivity index is 1.93. The Morgan fingerprint density at radius 1 is 0.720 bits per heavy atom. The van der Waals surface area contributed by atoms with Crippen molar-refractivity contribution in [2.45, 2.75) is 0 Å². The minimum Gasteiger partial charge on any atom is -0.319 e. The summed E-state index contributed by atoms with van der Waals surface area (Å²) >= 11 is 0. The molecule has 3 rings (SSSR count). The first kappa shape index (κ1) is 16.5. The lowest BCUT2D eigenvalue weighted by atomic mass is 9.98. The molecular formula is C20H13F2NO2. The van der Waals surface area contributed by atoms with Crippen LogP contribution in [0.3, 0.4) is 0 Å². The second-order valence-electron chi connectivity index (χ2n) is 5.32. The molecule has 0 unspecified atom stereocenters. The van der Waals surface area contributed by atoms with E-state index in [9.17, 15) is 18.4 Å². The number of anilines is 1. The zero-order valence-corrected chi connectivity index (χ0v) is 13.0. The molecule has 3 aromatic carbocycles. The summed E-state index contributed by atoms with van der Waals surface area (Å²) < 4.78 is 26.7. The summed E-state index contributed by atoms with van der Waals surface area (Å²) in [6.07, 6.45) is 0. The summed E-state index contributed by atoms with van der Waals surface area (Å²) in [4.78, 5) is 25.1. The molecule has 0 aliphatic heterocycles. The van der Waals surface area contributed by atoms with E-state index in [1.807, 2.05) is 0 Å². The number of rotatable bonds is 4. The summed E-state index contributed by atoms with van der Waals surface area (Å²) in [5.41, 5.74) is 0.548. The predicted molar refractivity (Wildman–Crippen MR) is 90.6 cm³/mol. The minimum atomic E-state index is -0.601. The third-order valence-electron chi connectivity index (χ3n) is 3.64. The molecule has 0 saturated heterocycles. The number of halogens is 2. The van der Waals surface area contributed by atoms with E-state index in [0.29, 0.717) is 0 Å². The van der Waals surface area contributed by atoms with Crippen LogP contribution < -0.4 is 5.32 Å². The van der Waals surface area contributed by atoms with Gasteiger partial charge in [0.1, 0.15) is 11.6 Å². The van der Waals surface area contributed by atoms with Crippen molar-refractivity contribution >= 4 is 17.4 Å². The highest BCUT2D eigenvalue weighted by Gasteiger charge is 2.18. The number of para-hydroxylation sites is 1. The largest absolute Gasteiger partial charge is 0.319 e. The fraction of sp³-hybridized carbons (Fsp3) is 0. The van der Waals surface area contributed by atoms with Gasteiger partial charge in [-0.25, -0.2) is 8.78 Å². The van der Waals surface area contributed by atoms with E-state index in [0.717, 1.165) is 0 Å². The number of benzene rings is 3. The molecule has 0 aliphatic rings. The fourth-order valence-electron chi connectivity index (χ4n) is 2.39. The molecule has 25 heavy (non-hydrogen) atoms. The highest BCUT2D eigenvalue weighted by Crippen LogP contribution is 2.18. The van der Waals surface area contributed by atoms with Crippen LogP contribution in [0.15, 0.2) is 72.8 Å². The molecule has 3 nitrogen and oxygen atoms in total. The van der Waals surface area contributed by atoms with Gasteiger partial charge in [0.05, 0.1) is 11.3 Å². The van der Waals surface area contributed by atoms with Crippen LogP contribution in [-0.2, 0) is 0 Å². The van der Waals surface area contributed by atoms with Crippen molar-refractivity contribution in [2.75, 3.05) is 5.32 Å². The van der Waals surface area contributed by atoms with Crippen molar-refractivity contribution in [1.29, 1.82) is 0 Å². The Kier molecular flexibility index (Phi) is 4.66. The Bertz CT molecular complexity index is 936. The third-order valence-corrected chi connectivity index (χ3v) is 3.64. The van der Waals surface area contributed by atoms with E-state index in [4.69, 9.17) is 0 Å². The molecule has 0 radical (unpaired) electrons. The summed E-state index contributed by atoms with van der Waals surface area (Å²) in [7, 11) is 0. The first-order chi connectivity index (χ1) is 12.1. The summed E-state index contributed by atoms with van der Waals surface area (Å²) in [6, 6.07) is 17.0. The van der Waals surface area contributed by atoms with Crippen LogP contribution in [0.1, 0.15) is 26.3 Å². The Labute approximate surface area is 142 Å². The van der Waals surface area contributed by atoms with Gasteiger partial charge in [-0.2, -0.15) is 0 Å². The Morgan fingerprint density at radius 2 is 1.32 bits per heavy atom. The van der Waals surface area contributed by atoms with Gasteiger partial charge in [-0.1, -0.05) is 30.3 Å². The van der Waals surface area contributed by atoms with Crippen LogP contribution in [0.2, 0.25) is 0 Å². The second kappa shape index (κ2) is 7.05. The topological polar surface area (TPSA) is 46.2 Å². The van der Waals surface area contributed by atoms with Crippen molar-refractivity contribution in [3.8, 4) is 0 Å². The molecule has 0 saturated carbocycles. The van der Waals surface area contributed by atoms with Crippen molar-refractivity contribution in [1.82, 2.24) is 0 Å². The van der Waals surface area contributed by atoms with Crippen molar-refractivity contribution in [3.05, 3.63) is 101 Å². The predicted octanol–water partition coefficient (Wildman–Crippen LogP) is 4.45. The van der Waals surface area contributed by atoms with E-state index >= 15 is 0 Å². The number of hydrogen-bond acceptors (Lipinski definition) is 2. The lowest BCUT2D eigenvalue weighted by Gasteiger charge is -2.10. The van der Waals surface area contributed by atoms with Crippen LogP contribution >= 0.6 is 0 Å². The average Bonchev–Trinajstić information content (AvgIpc) is 2.63. The zero-order valence-electron chi connectivity index (χ0n) is 13.0. The van der Waals surface area contributed by atoms with E-state index < -0.39 is 23.3 Å². The van der Waals surface area contributed by atoms with Gasteiger partial charge in [-0.05, 0) is 42.5 Å². The van der Waals surface area contributed by atoms with Crippen LogP contribution in [0.4, 0.5) is 14.5 Å². The smallest absolute Gasteiger partial charge is 0.256 e. The van der Waals surface area contributed by atoms with Crippen molar-refractivity contribution in [3.63, 3.8) is 0 Å². The second-order valence-corrected chi connectivity index (χ2v) is 5.32. The summed E-state index contributed by atoms with van der Waals surface area (Å²) in [5.74, 6) is -2.05. The van der Waals surface area contributed by atoms with Gasteiger partial charge in [-0.3, -0.25) is 9.59 Å². The molecule has 124 valence electrons. The normalized spacial score (nSPS) is 10.3. The van der Waals surface area contributed by atoms with E-state index in [1.165, 1.54) is 54.6 Å². The maximum atomic E-state index is 13.7. The zero-order chi connectivity index (χ0) is 17.8. The molecule has 0 fully saturated rings. The third kappa shape index (κ3) is 3.61. The molecule has 3 aromatic rings. The number of carbonyl (C=O) groups is 2. The molecule has 0 aliphatic carbocycles. The lowest BCUT2D eigenvalue weighted by Crippen LogP contribution is -2.17. The number of ketones is 1. The summed E-state index contributed by atoms with van der Waals surface area (Å²) in [5, 5.41) is 2.46. The monoisotopic (exact) mass is 337 g/mol. The quantitative estimate of drug-likeness (QED) is 0.715. The van der Waals surface area contributed by atoms with Crippen LogP contribution in [0.5, 0.6) is 0 Å². The highest BCUT2D eigenvalue weighted by molar-refractivity contribution is 6.17. The molecular weight excluding hydrogens is 324 g/mol. The van der Waals surface area contributed by atoms with Crippen LogP contribution in [0.25, 0.3) is 0 Å². The molecule has 1 N–H and O–H groups in total. The molecule has 1 amide bonds. The number of nitrogens with one attached hydrogen (secondary N) is 1. The van der Waals surface area contributed by atoms with Gasteiger partial charge in [0.2, 0.25) is 0 Å². The van der Waals surface area contributed by atoms with Gasteiger partial charge in [0.25, 0.3) is 5.91 Å². The maximum Gasteiger partial charge on any atom is 0.256 e. The van der Waals surface area contributed by atoms with E-state index in [2.05, 4.69) is 5.32 Å². The molecule has 5 heteroatoms. The van der Waals surface area contributed by atoms with Gasteiger partial charge in [0.15, 0.2) is 5.78 Å². The lowest BCUT2D eigenvalue weighted by molar-refractivity contribution is 0.0996. The number of carbonyl (C=O) groups excluding carboxylic acids is 2. The Morgan fingerprint density at radius 3 is 2.00 bits per heavy atom. The molecule has 0 heterocycles. The molecule has 0 atom stereocenters. The number of amides is 1. The van der Waals surface area contributed by atoms with Gasteiger partial charge in [-0.15, -0.1) is 0 Å². The van der Waals surface area contributed by atoms with Gasteiger partial charge in [0, 0.05) is 11.1 Å². The maximum absolute atomic E-state index is 13.7. The van der Waals surface area contributed by atoms with Crippen LogP contribution in [0, 0.1) is 11.6 Å². The fourth-order valence-corrected chi connectivity index (χ4v) is 2.39. The Hall–Kier alpha value is -3.34. The first-order valence-electron chi connectivity index (χ1n) is 7.51. The number of hydrogen-bond donors (Lipinski definition) is 1. The molecule has 0 aromatic heterocycles. The standard InChI is InChI=1S/C20H13F2NO2/c21-14-11-9-13(10-12-14)19(24)15-5-1-2-6-16(15)20(25)23-18-8-4-3-7-17(18)22/h1-12H,(H,23,25). The molecule has 0 spiro atoms.